The molecule has 1 aromatic heterocycles. The first kappa shape index (κ1) is 12.0. The van der Waals surface area contributed by atoms with Crippen molar-refractivity contribution < 1.29 is 4.74 Å². The van der Waals surface area contributed by atoms with E-state index in [1.54, 1.807) is 0 Å². The summed E-state index contributed by atoms with van der Waals surface area (Å²) < 4.78 is 5.54. The van der Waals surface area contributed by atoms with Crippen LogP contribution < -0.4 is 10.1 Å². The number of fused-ring (bicyclic) bond motifs is 1. The summed E-state index contributed by atoms with van der Waals surface area (Å²) in [5, 5.41) is 3.51. The van der Waals surface area contributed by atoms with Gasteiger partial charge in [-0.2, -0.15) is 0 Å². The van der Waals surface area contributed by atoms with Gasteiger partial charge in [0.25, 0.3) is 0 Å². The van der Waals surface area contributed by atoms with Crippen molar-refractivity contribution >= 4 is 5.69 Å². The van der Waals surface area contributed by atoms with Crippen molar-refractivity contribution in [3.8, 4) is 5.75 Å². The summed E-state index contributed by atoms with van der Waals surface area (Å²) in [7, 11) is 0. The van der Waals surface area contributed by atoms with Gasteiger partial charge in [-0.15, -0.1) is 0 Å². The molecule has 3 nitrogen and oxygen atoms in total. The molecule has 2 heterocycles. The Labute approximate surface area is 113 Å². The Hall–Kier alpha value is -2.03. The van der Waals surface area contributed by atoms with Crippen LogP contribution in [0.3, 0.4) is 0 Å². The average molecular weight is 254 g/mol. The lowest BCUT2D eigenvalue weighted by Crippen LogP contribution is -2.08. The average Bonchev–Trinajstić information content (AvgIpc) is 2.88. The highest BCUT2D eigenvalue weighted by atomic mass is 16.5. The first-order valence-electron chi connectivity index (χ1n) is 6.68. The van der Waals surface area contributed by atoms with Gasteiger partial charge in [-0.25, -0.2) is 0 Å². The molecule has 0 saturated carbocycles. The Morgan fingerprint density at radius 1 is 1.32 bits per heavy atom. The van der Waals surface area contributed by atoms with Crippen LogP contribution in [-0.4, -0.2) is 11.6 Å². The number of rotatable bonds is 3. The van der Waals surface area contributed by atoms with E-state index in [2.05, 4.69) is 41.5 Å². The largest absolute Gasteiger partial charge is 0.493 e. The molecule has 98 valence electrons. The fourth-order valence-electron chi connectivity index (χ4n) is 2.43. The Bertz CT molecular complexity index is 595. The lowest BCUT2D eigenvalue weighted by atomic mass is 10.0. The molecule has 0 bridgehead atoms. The summed E-state index contributed by atoms with van der Waals surface area (Å²) in [4.78, 5) is 4.30. The fraction of sp³-hybridized carbons (Fsp3) is 0.312. The molecular weight excluding hydrogens is 236 g/mol. The highest BCUT2D eigenvalue weighted by molar-refractivity contribution is 5.50. The molecule has 1 aliphatic rings. The number of hydrogen-bond donors (Lipinski definition) is 1. The summed E-state index contributed by atoms with van der Waals surface area (Å²) in [5.74, 6) is 1.04. The van der Waals surface area contributed by atoms with Gasteiger partial charge in [0, 0.05) is 18.7 Å². The lowest BCUT2D eigenvalue weighted by Gasteiger charge is -2.17. The number of nitrogens with zero attached hydrogens (tertiary/aromatic N) is 1. The number of anilines is 1. The molecule has 0 aliphatic carbocycles. The molecular formula is C16H18N2O. The van der Waals surface area contributed by atoms with E-state index >= 15 is 0 Å². The third kappa shape index (κ3) is 2.41. The number of pyridine rings is 1. The second kappa shape index (κ2) is 4.92. The smallest absolute Gasteiger partial charge is 0.122 e. The Balaban J connectivity index is 1.81. The zero-order valence-corrected chi connectivity index (χ0v) is 11.3. The number of benzene rings is 1. The van der Waals surface area contributed by atoms with Crippen LogP contribution in [0, 0.1) is 6.92 Å². The molecule has 0 fully saturated rings. The molecule has 1 N–H and O–H groups in total. The Morgan fingerprint density at radius 2 is 2.21 bits per heavy atom. The van der Waals surface area contributed by atoms with Crippen LogP contribution in [-0.2, 0) is 6.42 Å². The van der Waals surface area contributed by atoms with Crippen molar-refractivity contribution in [2.45, 2.75) is 26.3 Å². The van der Waals surface area contributed by atoms with Gasteiger partial charge in [0.2, 0.25) is 0 Å². The van der Waals surface area contributed by atoms with E-state index in [1.165, 1.54) is 11.1 Å². The molecule has 3 rings (SSSR count). The summed E-state index contributed by atoms with van der Waals surface area (Å²) >= 11 is 0. The number of hydrogen-bond acceptors (Lipinski definition) is 3. The maximum Gasteiger partial charge on any atom is 0.122 e. The molecule has 1 unspecified atom stereocenters. The predicted octanol–water partition coefficient (Wildman–Crippen LogP) is 3.50. The van der Waals surface area contributed by atoms with Gasteiger partial charge in [-0.3, -0.25) is 4.98 Å². The predicted molar refractivity (Wildman–Crippen MR) is 76.7 cm³/mol. The number of ether oxygens (including phenoxy) is 1. The minimum absolute atomic E-state index is 0.258. The quantitative estimate of drug-likeness (QED) is 0.910. The standard InChI is InChI=1S/C16H18N2O/c1-11(18-15-4-3-8-17-12(15)2)13-5-6-16-14(10-13)7-9-19-16/h3-6,8,10-11,18H,7,9H2,1-2H3. The summed E-state index contributed by atoms with van der Waals surface area (Å²) in [6.45, 7) is 5.00. The Kier molecular flexibility index (Phi) is 3.11. The second-order valence-corrected chi connectivity index (χ2v) is 4.97. The van der Waals surface area contributed by atoms with Crippen LogP contribution in [0.2, 0.25) is 0 Å². The van der Waals surface area contributed by atoms with E-state index in [1.807, 2.05) is 19.2 Å². The van der Waals surface area contributed by atoms with Gasteiger partial charge in [0.15, 0.2) is 0 Å². The third-order valence-corrected chi connectivity index (χ3v) is 3.59. The minimum Gasteiger partial charge on any atom is -0.493 e. The molecule has 0 saturated heterocycles. The SMILES string of the molecule is Cc1ncccc1NC(C)c1ccc2c(c1)CCO2. The van der Waals surface area contributed by atoms with Crippen LogP contribution in [0.15, 0.2) is 36.5 Å². The van der Waals surface area contributed by atoms with Gasteiger partial charge in [0.05, 0.1) is 18.0 Å². The van der Waals surface area contributed by atoms with E-state index in [0.29, 0.717) is 0 Å². The van der Waals surface area contributed by atoms with Crippen molar-refractivity contribution in [1.29, 1.82) is 0 Å². The number of aromatic nitrogens is 1. The van der Waals surface area contributed by atoms with E-state index in [4.69, 9.17) is 4.74 Å². The monoisotopic (exact) mass is 254 g/mol. The van der Waals surface area contributed by atoms with Crippen molar-refractivity contribution in [3.05, 3.63) is 53.3 Å². The van der Waals surface area contributed by atoms with E-state index in [9.17, 15) is 0 Å². The molecule has 0 amide bonds. The van der Waals surface area contributed by atoms with Crippen LogP contribution in [0.4, 0.5) is 5.69 Å². The van der Waals surface area contributed by atoms with Crippen LogP contribution in [0.25, 0.3) is 0 Å². The van der Waals surface area contributed by atoms with Crippen molar-refractivity contribution in [2.24, 2.45) is 0 Å². The second-order valence-electron chi connectivity index (χ2n) is 4.97. The van der Waals surface area contributed by atoms with Gasteiger partial charge in [-0.1, -0.05) is 6.07 Å². The van der Waals surface area contributed by atoms with Gasteiger partial charge in [-0.05, 0) is 49.2 Å². The minimum atomic E-state index is 0.258. The Morgan fingerprint density at radius 3 is 3.05 bits per heavy atom. The lowest BCUT2D eigenvalue weighted by molar-refractivity contribution is 0.357. The van der Waals surface area contributed by atoms with Crippen LogP contribution in [0.5, 0.6) is 5.75 Å². The van der Waals surface area contributed by atoms with E-state index < -0.39 is 0 Å². The van der Waals surface area contributed by atoms with Crippen molar-refractivity contribution in [3.63, 3.8) is 0 Å². The van der Waals surface area contributed by atoms with Gasteiger partial charge < -0.3 is 10.1 Å². The first-order valence-corrected chi connectivity index (χ1v) is 6.68. The molecule has 1 aromatic carbocycles. The molecule has 0 radical (unpaired) electrons. The van der Waals surface area contributed by atoms with E-state index in [0.717, 1.165) is 30.2 Å². The maximum absolute atomic E-state index is 5.54. The highest BCUT2D eigenvalue weighted by Crippen LogP contribution is 2.29. The number of nitrogens with one attached hydrogen (secondary N) is 1. The zero-order valence-electron chi connectivity index (χ0n) is 11.3. The first-order chi connectivity index (χ1) is 9.24. The van der Waals surface area contributed by atoms with Crippen molar-refractivity contribution in [2.75, 3.05) is 11.9 Å². The molecule has 2 aromatic rings. The molecule has 0 spiro atoms. The zero-order chi connectivity index (χ0) is 13.2. The topological polar surface area (TPSA) is 34.2 Å². The number of aryl methyl sites for hydroxylation is 1. The van der Waals surface area contributed by atoms with Gasteiger partial charge in [0.1, 0.15) is 5.75 Å². The fourth-order valence-corrected chi connectivity index (χ4v) is 2.43. The van der Waals surface area contributed by atoms with E-state index in [-0.39, 0.29) is 6.04 Å². The van der Waals surface area contributed by atoms with Crippen LogP contribution in [0.1, 0.15) is 29.8 Å². The maximum atomic E-state index is 5.54. The summed E-state index contributed by atoms with van der Waals surface area (Å²) in [6.07, 6.45) is 2.83. The van der Waals surface area contributed by atoms with Crippen LogP contribution >= 0.6 is 0 Å². The van der Waals surface area contributed by atoms with Crippen molar-refractivity contribution in [1.82, 2.24) is 4.98 Å². The summed E-state index contributed by atoms with van der Waals surface area (Å²) in [5.41, 5.74) is 4.71. The third-order valence-electron chi connectivity index (χ3n) is 3.59. The molecule has 19 heavy (non-hydrogen) atoms. The molecule has 3 heteroatoms. The normalized spacial score (nSPS) is 14.6. The molecule has 1 atom stereocenters. The van der Waals surface area contributed by atoms with Gasteiger partial charge >= 0.3 is 0 Å². The summed E-state index contributed by atoms with van der Waals surface area (Å²) in [6, 6.07) is 10.7. The highest BCUT2D eigenvalue weighted by Gasteiger charge is 2.14. The molecule has 1 aliphatic heterocycles.